The Hall–Kier alpha value is -1.99. The predicted molar refractivity (Wildman–Crippen MR) is 60.7 cm³/mol. The molecule has 2 rings (SSSR count). The molecule has 104 valence electrons. The molecule has 1 heterocycles. The minimum Gasteiger partial charge on any atom is -0.452 e. The molecule has 0 radical (unpaired) electrons. The summed E-state index contributed by atoms with van der Waals surface area (Å²) in [6.07, 6.45) is -7.23. The third-order valence-electron chi connectivity index (χ3n) is 2.73. The molecule has 0 aliphatic carbocycles. The van der Waals surface area contributed by atoms with Crippen LogP contribution in [0.1, 0.15) is 18.0 Å². The van der Waals surface area contributed by atoms with Crippen LogP contribution in [0.5, 0.6) is 0 Å². The van der Waals surface area contributed by atoms with E-state index in [1.165, 1.54) is 12.1 Å². The summed E-state index contributed by atoms with van der Waals surface area (Å²) < 4.78 is 55.9. The Morgan fingerprint density at radius 1 is 1.26 bits per heavy atom. The first-order chi connectivity index (χ1) is 8.77. The van der Waals surface area contributed by atoms with E-state index < -0.39 is 36.6 Å². The van der Waals surface area contributed by atoms with Gasteiger partial charge >= 0.3 is 6.18 Å². The van der Waals surface area contributed by atoms with E-state index in [0.717, 1.165) is 6.07 Å². The maximum Gasteiger partial charge on any atom is 0.425 e. The summed E-state index contributed by atoms with van der Waals surface area (Å²) >= 11 is 0. The maximum absolute atomic E-state index is 13.6. The first kappa shape index (κ1) is 13.4. The summed E-state index contributed by atoms with van der Waals surface area (Å²) in [5, 5.41) is 0. The number of alkyl halides is 3. The molecule has 0 saturated heterocycles. The number of amidine groups is 1. The molecule has 0 bridgehead atoms. The van der Waals surface area contributed by atoms with Gasteiger partial charge in [0.15, 0.2) is 6.10 Å². The highest BCUT2D eigenvalue weighted by Gasteiger charge is 2.45. The van der Waals surface area contributed by atoms with Gasteiger partial charge in [0.25, 0.3) is 6.02 Å². The number of nitrogen functional groups attached to an aromatic ring is 1. The Bertz CT molecular complexity index is 515. The molecule has 1 aromatic carbocycles. The third-order valence-corrected chi connectivity index (χ3v) is 2.73. The number of aliphatic imine (C=N–C) groups is 1. The Morgan fingerprint density at radius 3 is 2.58 bits per heavy atom. The van der Waals surface area contributed by atoms with Gasteiger partial charge < -0.3 is 16.2 Å². The van der Waals surface area contributed by atoms with Gasteiger partial charge in [-0.15, -0.1) is 0 Å². The van der Waals surface area contributed by atoms with Crippen LogP contribution in [-0.2, 0) is 4.74 Å². The first-order valence-electron chi connectivity index (χ1n) is 5.39. The Kier molecular flexibility index (Phi) is 3.25. The number of nitrogens with zero attached hydrogens (tertiary/aromatic N) is 1. The monoisotopic (exact) mass is 277 g/mol. The highest BCUT2D eigenvalue weighted by Crippen LogP contribution is 2.36. The van der Waals surface area contributed by atoms with Crippen molar-refractivity contribution < 1.29 is 22.3 Å². The van der Waals surface area contributed by atoms with Crippen LogP contribution < -0.4 is 11.5 Å². The first-order valence-corrected chi connectivity index (χ1v) is 5.39. The number of benzene rings is 1. The van der Waals surface area contributed by atoms with Crippen molar-refractivity contribution in [2.24, 2.45) is 10.7 Å². The fraction of sp³-hybridized carbons (Fsp3) is 0.364. The van der Waals surface area contributed by atoms with E-state index >= 15 is 0 Å². The van der Waals surface area contributed by atoms with Gasteiger partial charge in [0.1, 0.15) is 5.82 Å². The second-order valence-corrected chi connectivity index (χ2v) is 4.15. The smallest absolute Gasteiger partial charge is 0.425 e. The van der Waals surface area contributed by atoms with E-state index in [-0.39, 0.29) is 11.3 Å². The lowest BCUT2D eigenvalue weighted by Gasteiger charge is -2.28. The zero-order valence-corrected chi connectivity index (χ0v) is 9.62. The van der Waals surface area contributed by atoms with E-state index in [0.29, 0.717) is 0 Å². The van der Waals surface area contributed by atoms with E-state index in [1.54, 1.807) is 0 Å². The molecule has 0 spiro atoms. The van der Waals surface area contributed by atoms with Gasteiger partial charge in [-0.25, -0.2) is 9.38 Å². The average Bonchev–Trinajstić information content (AvgIpc) is 2.30. The third kappa shape index (κ3) is 2.88. The van der Waals surface area contributed by atoms with Gasteiger partial charge in [0, 0.05) is 17.7 Å². The molecule has 1 aliphatic rings. The summed E-state index contributed by atoms with van der Waals surface area (Å²) in [6.45, 7) is 0. The Labute approximate surface area is 106 Å². The molecule has 2 atom stereocenters. The van der Waals surface area contributed by atoms with Crippen LogP contribution >= 0.6 is 0 Å². The molecule has 2 unspecified atom stereocenters. The second-order valence-electron chi connectivity index (χ2n) is 4.15. The number of anilines is 1. The number of nitrogens with two attached hydrogens (primary N) is 2. The van der Waals surface area contributed by atoms with Crippen molar-refractivity contribution in [1.82, 2.24) is 0 Å². The van der Waals surface area contributed by atoms with Gasteiger partial charge in [-0.1, -0.05) is 0 Å². The lowest BCUT2D eigenvalue weighted by Crippen LogP contribution is -2.40. The zero-order chi connectivity index (χ0) is 14.2. The SMILES string of the molecule is NC1=NC(c2cc(N)ccc2F)CC(C(F)(F)F)O1. The van der Waals surface area contributed by atoms with E-state index in [2.05, 4.69) is 9.73 Å². The molecule has 0 amide bonds. The largest absolute Gasteiger partial charge is 0.452 e. The van der Waals surface area contributed by atoms with E-state index in [1.807, 2.05) is 0 Å². The Balaban J connectivity index is 2.34. The minimum atomic E-state index is -4.59. The predicted octanol–water partition coefficient (Wildman–Crippen LogP) is 2.11. The lowest BCUT2D eigenvalue weighted by molar-refractivity contribution is -0.204. The summed E-state index contributed by atoms with van der Waals surface area (Å²) in [7, 11) is 0. The number of hydrogen-bond donors (Lipinski definition) is 2. The molecule has 0 fully saturated rings. The van der Waals surface area contributed by atoms with Crippen molar-refractivity contribution in [3.05, 3.63) is 29.6 Å². The molecule has 4 N–H and O–H groups in total. The quantitative estimate of drug-likeness (QED) is 0.610. The lowest BCUT2D eigenvalue weighted by atomic mass is 9.99. The molecule has 1 aliphatic heterocycles. The number of rotatable bonds is 1. The van der Waals surface area contributed by atoms with E-state index in [9.17, 15) is 17.6 Å². The van der Waals surface area contributed by atoms with Crippen molar-refractivity contribution in [3.8, 4) is 0 Å². The average molecular weight is 277 g/mol. The standard InChI is InChI=1S/C11H11F4N3O/c12-7-2-1-5(16)3-6(7)8-4-9(11(13,14)15)19-10(17)18-8/h1-3,8-9H,4,16H2,(H2,17,18). The highest BCUT2D eigenvalue weighted by molar-refractivity contribution is 5.72. The molecule has 8 heteroatoms. The normalized spacial score (nSPS) is 23.7. The van der Waals surface area contributed by atoms with Crippen molar-refractivity contribution in [2.45, 2.75) is 24.7 Å². The topological polar surface area (TPSA) is 73.6 Å². The highest BCUT2D eigenvalue weighted by atomic mass is 19.4. The number of halogens is 4. The second kappa shape index (κ2) is 4.60. The van der Waals surface area contributed by atoms with Crippen LogP contribution in [0.4, 0.5) is 23.2 Å². The number of hydrogen-bond acceptors (Lipinski definition) is 4. The van der Waals surface area contributed by atoms with Crippen molar-refractivity contribution >= 4 is 11.7 Å². The molecular formula is C11H11F4N3O. The van der Waals surface area contributed by atoms with Crippen molar-refractivity contribution in [3.63, 3.8) is 0 Å². The van der Waals surface area contributed by atoms with Crippen LogP contribution in [0.3, 0.4) is 0 Å². The molecular weight excluding hydrogens is 266 g/mol. The zero-order valence-electron chi connectivity index (χ0n) is 9.62. The van der Waals surface area contributed by atoms with Gasteiger partial charge in [0.05, 0.1) is 6.04 Å². The van der Waals surface area contributed by atoms with Gasteiger partial charge in [0.2, 0.25) is 0 Å². The molecule has 0 saturated carbocycles. The van der Waals surface area contributed by atoms with Crippen LogP contribution in [0.15, 0.2) is 23.2 Å². The molecule has 4 nitrogen and oxygen atoms in total. The summed E-state index contributed by atoms with van der Waals surface area (Å²) in [5.41, 5.74) is 10.9. The van der Waals surface area contributed by atoms with Crippen molar-refractivity contribution in [2.75, 3.05) is 5.73 Å². The minimum absolute atomic E-state index is 0.0273. The fourth-order valence-electron chi connectivity index (χ4n) is 1.85. The summed E-state index contributed by atoms with van der Waals surface area (Å²) in [4.78, 5) is 3.69. The van der Waals surface area contributed by atoms with Crippen LogP contribution in [0.2, 0.25) is 0 Å². The fourth-order valence-corrected chi connectivity index (χ4v) is 1.85. The van der Waals surface area contributed by atoms with E-state index in [4.69, 9.17) is 11.5 Å². The summed E-state index contributed by atoms with van der Waals surface area (Å²) in [5.74, 6) is -0.682. The van der Waals surface area contributed by atoms with Gasteiger partial charge in [-0.2, -0.15) is 13.2 Å². The Morgan fingerprint density at radius 2 is 1.95 bits per heavy atom. The van der Waals surface area contributed by atoms with Gasteiger partial charge in [-0.05, 0) is 18.2 Å². The van der Waals surface area contributed by atoms with Gasteiger partial charge in [-0.3, -0.25) is 0 Å². The number of ether oxygens (including phenoxy) is 1. The van der Waals surface area contributed by atoms with Crippen LogP contribution in [0.25, 0.3) is 0 Å². The molecule has 19 heavy (non-hydrogen) atoms. The van der Waals surface area contributed by atoms with Crippen molar-refractivity contribution in [1.29, 1.82) is 0 Å². The maximum atomic E-state index is 13.6. The van der Waals surface area contributed by atoms with Crippen LogP contribution in [-0.4, -0.2) is 18.3 Å². The summed E-state index contributed by atoms with van der Waals surface area (Å²) in [6, 6.07) is 1.96. The molecule has 0 aromatic heterocycles. The molecule has 1 aromatic rings. The van der Waals surface area contributed by atoms with Crippen LogP contribution in [0, 0.1) is 5.82 Å².